The Balaban J connectivity index is 1.66. The Bertz CT molecular complexity index is 249. The molecule has 0 N–H and O–H groups in total. The Kier molecular flexibility index (Phi) is 2.92. The maximum atomic E-state index is 6.14. The highest BCUT2D eigenvalue weighted by Crippen LogP contribution is 2.43. The lowest BCUT2D eigenvalue weighted by Crippen LogP contribution is -2.39. The zero-order chi connectivity index (χ0) is 11.0. The molecule has 4 nitrogen and oxygen atoms in total. The number of hydrogen-bond donors (Lipinski definition) is 0. The number of hydrogen-bond acceptors (Lipinski definition) is 4. The minimum atomic E-state index is -0.292. The molecule has 0 aromatic carbocycles. The van der Waals surface area contributed by atoms with Crippen molar-refractivity contribution in [3.63, 3.8) is 0 Å². The van der Waals surface area contributed by atoms with E-state index in [2.05, 4.69) is 0 Å². The summed E-state index contributed by atoms with van der Waals surface area (Å²) in [6, 6.07) is 0. The molecule has 16 heavy (non-hydrogen) atoms. The normalized spacial score (nSPS) is 42.2. The summed E-state index contributed by atoms with van der Waals surface area (Å²) in [6.07, 6.45) is 6.77. The Morgan fingerprint density at radius 3 is 2.56 bits per heavy atom. The second-order valence-electron chi connectivity index (χ2n) is 5.02. The summed E-state index contributed by atoms with van der Waals surface area (Å²) >= 11 is 0. The van der Waals surface area contributed by atoms with Crippen molar-refractivity contribution < 1.29 is 18.9 Å². The molecule has 0 unspecified atom stereocenters. The molecule has 4 heteroatoms. The van der Waals surface area contributed by atoms with Gasteiger partial charge in [-0.3, -0.25) is 0 Å². The third kappa shape index (κ3) is 1.88. The van der Waals surface area contributed by atoms with Gasteiger partial charge in [0.25, 0.3) is 0 Å². The lowest BCUT2D eigenvalue weighted by Gasteiger charge is -2.31. The van der Waals surface area contributed by atoms with Gasteiger partial charge in [0.1, 0.15) is 6.10 Å². The van der Waals surface area contributed by atoms with Crippen molar-refractivity contribution in [2.75, 3.05) is 13.7 Å². The smallest absolute Gasteiger partial charge is 0.169 e. The first-order valence-corrected chi connectivity index (χ1v) is 6.31. The van der Waals surface area contributed by atoms with Crippen LogP contribution < -0.4 is 0 Å². The van der Waals surface area contributed by atoms with Gasteiger partial charge in [-0.05, 0) is 12.8 Å². The van der Waals surface area contributed by atoms with E-state index in [0.717, 1.165) is 19.3 Å². The van der Waals surface area contributed by atoms with Gasteiger partial charge in [0, 0.05) is 26.4 Å². The average Bonchev–Trinajstić information content (AvgIpc) is 2.66. The molecular weight excluding hydrogens is 208 g/mol. The molecule has 1 saturated carbocycles. The first kappa shape index (κ1) is 11.0. The number of fused-ring (bicyclic) bond motifs is 1. The zero-order valence-electron chi connectivity index (χ0n) is 9.81. The Morgan fingerprint density at radius 2 is 1.81 bits per heavy atom. The molecule has 0 aromatic heterocycles. The average molecular weight is 228 g/mol. The van der Waals surface area contributed by atoms with Gasteiger partial charge in [0.2, 0.25) is 0 Å². The number of ether oxygens (including phenoxy) is 4. The molecule has 0 bridgehead atoms. The molecule has 0 aromatic rings. The van der Waals surface area contributed by atoms with Gasteiger partial charge in [-0.25, -0.2) is 0 Å². The quantitative estimate of drug-likeness (QED) is 0.686. The van der Waals surface area contributed by atoms with Crippen LogP contribution in [-0.2, 0) is 18.9 Å². The summed E-state index contributed by atoms with van der Waals surface area (Å²) in [5.41, 5.74) is 0. The fourth-order valence-electron chi connectivity index (χ4n) is 3.02. The van der Waals surface area contributed by atoms with Crippen LogP contribution >= 0.6 is 0 Å². The molecular formula is C12H20O4. The van der Waals surface area contributed by atoms with Crippen LogP contribution in [0.15, 0.2) is 0 Å². The van der Waals surface area contributed by atoms with Crippen LogP contribution in [0.2, 0.25) is 0 Å². The summed E-state index contributed by atoms with van der Waals surface area (Å²) in [5.74, 6) is -0.292. The molecule has 1 aliphatic carbocycles. The van der Waals surface area contributed by atoms with Crippen LogP contribution in [0.25, 0.3) is 0 Å². The van der Waals surface area contributed by atoms with Crippen molar-refractivity contribution in [3.05, 3.63) is 0 Å². The van der Waals surface area contributed by atoms with Gasteiger partial charge in [0.05, 0.1) is 12.7 Å². The second-order valence-corrected chi connectivity index (χ2v) is 5.02. The van der Waals surface area contributed by atoms with Gasteiger partial charge in [-0.2, -0.15) is 0 Å². The van der Waals surface area contributed by atoms with Gasteiger partial charge in [0.15, 0.2) is 12.1 Å². The lowest BCUT2D eigenvalue weighted by molar-refractivity contribution is -0.194. The molecule has 2 aliphatic heterocycles. The van der Waals surface area contributed by atoms with Gasteiger partial charge in [-0.15, -0.1) is 0 Å². The molecule has 3 fully saturated rings. The van der Waals surface area contributed by atoms with E-state index >= 15 is 0 Å². The number of methoxy groups -OCH3 is 1. The Morgan fingerprint density at radius 1 is 1.06 bits per heavy atom. The predicted octanol–water partition coefficient (Wildman–Crippen LogP) is 1.82. The first-order valence-electron chi connectivity index (χ1n) is 6.31. The summed E-state index contributed by atoms with van der Waals surface area (Å²) in [7, 11) is 1.68. The maximum Gasteiger partial charge on any atom is 0.169 e. The van der Waals surface area contributed by atoms with Crippen LogP contribution in [0.3, 0.4) is 0 Å². The molecule has 1 spiro atoms. The van der Waals surface area contributed by atoms with Crippen molar-refractivity contribution in [2.24, 2.45) is 0 Å². The molecule has 92 valence electrons. The van der Waals surface area contributed by atoms with Crippen LogP contribution in [0.1, 0.15) is 38.5 Å². The Labute approximate surface area is 96.2 Å². The van der Waals surface area contributed by atoms with E-state index in [0.29, 0.717) is 6.61 Å². The van der Waals surface area contributed by atoms with Crippen LogP contribution in [0, 0.1) is 0 Å². The van der Waals surface area contributed by atoms with Gasteiger partial charge >= 0.3 is 0 Å². The highest BCUT2D eigenvalue weighted by atomic mass is 16.8. The van der Waals surface area contributed by atoms with Crippen molar-refractivity contribution in [1.82, 2.24) is 0 Å². The molecule has 0 amide bonds. The van der Waals surface area contributed by atoms with Crippen molar-refractivity contribution in [2.45, 2.75) is 62.8 Å². The van der Waals surface area contributed by atoms with E-state index in [1.165, 1.54) is 19.3 Å². The van der Waals surface area contributed by atoms with E-state index in [1.807, 2.05) is 0 Å². The topological polar surface area (TPSA) is 36.9 Å². The summed E-state index contributed by atoms with van der Waals surface area (Å²) in [5, 5.41) is 0. The molecule has 3 atom stereocenters. The van der Waals surface area contributed by atoms with Gasteiger partial charge in [-0.1, -0.05) is 6.42 Å². The van der Waals surface area contributed by atoms with Crippen LogP contribution in [0.4, 0.5) is 0 Å². The van der Waals surface area contributed by atoms with Gasteiger partial charge < -0.3 is 18.9 Å². The largest absolute Gasteiger partial charge is 0.356 e. The van der Waals surface area contributed by atoms with E-state index in [-0.39, 0.29) is 24.3 Å². The monoisotopic (exact) mass is 228 g/mol. The molecule has 3 rings (SSSR count). The first-order chi connectivity index (χ1) is 7.81. The second kappa shape index (κ2) is 4.26. The van der Waals surface area contributed by atoms with Crippen LogP contribution in [-0.4, -0.2) is 38.0 Å². The minimum absolute atomic E-state index is 0.115. The number of rotatable bonds is 1. The molecule has 0 radical (unpaired) electrons. The highest BCUT2D eigenvalue weighted by Gasteiger charge is 2.50. The van der Waals surface area contributed by atoms with Crippen LogP contribution in [0.5, 0.6) is 0 Å². The summed E-state index contributed by atoms with van der Waals surface area (Å²) in [6.45, 7) is 0.602. The van der Waals surface area contributed by atoms with E-state index in [1.54, 1.807) is 7.11 Å². The lowest BCUT2D eigenvalue weighted by atomic mass is 9.94. The molecule has 3 aliphatic rings. The fraction of sp³-hybridized carbons (Fsp3) is 1.00. The fourth-order valence-corrected chi connectivity index (χ4v) is 3.02. The highest BCUT2D eigenvalue weighted by molar-refractivity contribution is 4.90. The third-order valence-corrected chi connectivity index (χ3v) is 3.90. The van der Waals surface area contributed by atoms with E-state index in [9.17, 15) is 0 Å². The van der Waals surface area contributed by atoms with E-state index in [4.69, 9.17) is 18.9 Å². The minimum Gasteiger partial charge on any atom is -0.356 e. The van der Waals surface area contributed by atoms with Crippen molar-refractivity contribution in [3.8, 4) is 0 Å². The summed E-state index contributed by atoms with van der Waals surface area (Å²) < 4.78 is 23.0. The third-order valence-electron chi connectivity index (χ3n) is 3.90. The standard InChI is InChI=1S/C12H20O4/c1-13-11-7-9-10(8-14-11)16-12(15-9)5-3-2-4-6-12/h9-11H,2-8H2,1H3/t9-,10+,11+/m0/s1. The van der Waals surface area contributed by atoms with E-state index < -0.39 is 0 Å². The molecule has 2 saturated heterocycles. The maximum absolute atomic E-state index is 6.14. The van der Waals surface area contributed by atoms with Crippen molar-refractivity contribution in [1.29, 1.82) is 0 Å². The summed E-state index contributed by atoms with van der Waals surface area (Å²) in [4.78, 5) is 0. The SMILES string of the molecule is CO[C@H]1C[C@@H]2OC3(CCCCC3)O[C@@H]2CO1. The Hall–Kier alpha value is -0.160. The van der Waals surface area contributed by atoms with Crippen molar-refractivity contribution >= 4 is 0 Å². The molecule has 2 heterocycles. The zero-order valence-corrected chi connectivity index (χ0v) is 9.81. The predicted molar refractivity (Wildman–Crippen MR) is 56.9 cm³/mol.